The van der Waals surface area contributed by atoms with Gasteiger partial charge in [-0.05, 0) is 17.7 Å². The van der Waals surface area contributed by atoms with E-state index in [1.54, 1.807) is 24.3 Å². The molecule has 0 spiro atoms. The molecular weight excluding hydrogens is 160 g/mol. The van der Waals surface area contributed by atoms with Gasteiger partial charge in [0.05, 0.1) is 10.6 Å². The molecule has 0 aliphatic heterocycles. The fourth-order valence-corrected chi connectivity index (χ4v) is 1.19. The lowest BCUT2D eigenvalue weighted by molar-refractivity contribution is 0.687. The van der Waals surface area contributed by atoms with Crippen LogP contribution in [0.2, 0.25) is 0 Å². The fourth-order valence-electron chi connectivity index (χ4n) is 0.767. The van der Waals surface area contributed by atoms with E-state index in [0.717, 1.165) is 5.56 Å². The van der Waals surface area contributed by atoms with E-state index in [1.807, 2.05) is 0 Å². The van der Waals surface area contributed by atoms with Crippen molar-refractivity contribution < 1.29 is 4.21 Å². The van der Waals surface area contributed by atoms with Crippen LogP contribution in [0.25, 0.3) is 0 Å². The van der Waals surface area contributed by atoms with Crippen molar-refractivity contribution in [3.05, 3.63) is 29.8 Å². The highest BCUT2D eigenvalue weighted by atomic mass is 32.2. The van der Waals surface area contributed by atoms with Gasteiger partial charge in [0.15, 0.2) is 0 Å². The smallest absolute Gasteiger partial charge is 0.0616 e. The molecule has 0 aromatic heterocycles. The zero-order valence-corrected chi connectivity index (χ0v) is 6.84. The van der Waals surface area contributed by atoms with Crippen molar-refractivity contribution in [2.45, 2.75) is 11.4 Å². The molecule has 4 heteroatoms. The van der Waals surface area contributed by atoms with Gasteiger partial charge < -0.3 is 5.73 Å². The fraction of sp³-hybridized carbons (Fsp3) is 0.143. The number of rotatable bonds is 2. The molecule has 1 rings (SSSR count). The second-order valence-electron chi connectivity index (χ2n) is 2.16. The lowest BCUT2D eigenvalue weighted by Crippen LogP contribution is -1.95. The normalized spacial score (nSPS) is 12.8. The van der Waals surface area contributed by atoms with Crippen molar-refractivity contribution in [2.75, 3.05) is 0 Å². The predicted octanol–water partition coefficient (Wildman–Crippen LogP) is 0.748. The van der Waals surface area contributed by atoms with E-state index < -0.39 is 10.6 Å². The van der Waals surface area contributed by atoms with E-state index in [2.05, 4.69) is 0 Å². The van der Waals surface area contributed by atoms with E-state index in [4.69, 9.17) is 10.5 Å². The van der Waals surface area contributed by atoms with E-state index in [0.29, 0.717) is 11.4 Å². The molecule has 0 fully saturated rings. The molecule has 0 aliphatic carbocycles. The molecule has 3 nitrogen and oxygen atoms in total. The third kappa shape index (κ3) is 2.03. The zero-order chi connectivity index (χ0) is 8.27. The summed E-state index contributed by atoms with van der Waals surface area (Å²) in [6.07, 6.45) is 0. The minimum absolute atomic E-state index is 0.481. The Kier molecular flexibility index (Phi) is 2.62. The monoisotopic (exact) mass is 170 g/mol. The molecule has 0 radical (unpaired) electrons. The van der Waals surface area contributed by atoms with Crippen LogP contribution in [0.4, 0.5) is 0 Å². The first-order chi connectivity index (χ1) is 5.24. The lowest BCUT2D eigenvalue weighted by atomic mass is 10.2. The summed E-state index contributed by atoms with van der Waals surface area (Å²) < 4.78 is 17.6. The number of hydrogen-bond acceptors (Lipinski definition) is 3. The first kappa shape index (κ1) is 8.23. The molecule has 0 aliphatic rings. The molecule has 3 N–H and O–H groups in total. The van der Waals surface area contributed by atoms with Gasteiger partial charge in [-0.1, -0.05) is 12.1 Å². The zero-order valence-electron chi connectivity index (χ0n) is 5.95. The Morgan fingerprint density at radius 1 is 1.36 bits per heavy atom. The summed E-state index contributed by atoms with van der Waals surface area (Å²) in [5, 5.41) is 0. The van der Waals surface area contributed by atoms with E-state index in [9.17, 15) is 4.21 Å². The molecule has 0 bridgehead atoms. The summed E-state index contributed by atoms with van der Waals surface area (Å²) in [6, 6.07) is 6.93. The van der Waals surface area contributed by atoms with E-state index in [1.165, 1.54) is 0 Å². The largest absolute Gasteiger partial charge is 0.326 e. The molecule has 1 atom stereocenters. The Labute approximate surface area is 67.2 Å². The molecule has 0 saturated carbocycles. The maximum absolute atomic E-state index is 10.6. The molecule has 1 unspecified atom stereocenters. The maximum Gasteiger partial charge on any atom is 0.0616 e. The van der Waals surface area contributed by atoms with Crippen molar-refractivity contribution in [1.29, 1.82) is 4.78 Å². The first-order valence-corrected chi connectivity index (χ1v) is 4.47. The lowest BCUT2D eigenvalue weighted by Gasteiger charge is -1.95. The summed E-state index contributed by atoms with van der Waals surface area (Å²) in [5.74, 6) is 0. The second-order valence-corrected chi connectivity index (χ2v) is 3.27. The number of benzene rings is 1. The predicted molar refractivity (Wildman–Crippen MR) is 44.9 cm³/mol. The van der Waals surface area contributed by atoms with Crippen LogP contribution >= 0.6 is 0 Å². The van der Waals surface area contributed by atoms with Crippen molar-refractivity contribution >= 4 is 10.6 Å². The van der Waals surface area contributed by atoms with Gasteiger partial charge in [0.25, 0.3) is 0 Å². The van der Waals surface area contributed by atoms with Gasteiger partial charge in [-0.3, -0.25) is 4.78 Å². The molecule has 11 heavy (non-hydrogen) atoms. The quantitative estimate of drug-likeness (QED) is 0.573. The van der Waals surface area contributed by atoms with Crippen molar-refractivity contribution in [1.82, 2.24) is 0 Å². The van der Waals surface area contributed by atoms with Crippen LogP contribution in [-0.4, -0.2) is 4.21 Å². The molecule has 1 aromatic rings. The van der Waals surface area contributed by atoms with Gasteiger partial charge in [-0.2, -0.15) is 0 Å². The van der Waals surface area contributed by atoms with Gasteiger partial charge in [-0.15, -0.1) is 0 Å². The first-order valence-electron chi connectivity index (χ1n) is 3.21. The summed E-state index contributed by atoms with van der Waals surface area (Å²) in [4.78, 5) is 0.553. The minimum atomic E-state index is -1.95. The van der Waals surface area contributed by atoms with Crippen LogP contribution < -0.4 is 5.73 Å². The van der Waals surface area contributed by atoms with Gasteiger partial charge >= 0.3 is 0 Å². The van der Waals surface area contributed by atoms with Crippen LogP contribution in [0.1, 0.15) is 5.56 Å². The third-order valence-electron chi connectivity index (χ3n) is 1.41. The van der Waals surface area contributed by atoms with Crippen LogP contribution in [0.15, 0.2) is 29.2 Å². The topological polar surface area (TPSA) is 66.9 Å². The number of thiol groups is 1. The Morgan fingerprint density at radius 2 is 1.91 bits per heavy atom. The Hall–Kier alpha value is -0.870. The second kappa shape index (κ2) is 3.50. The van der Waals surface area contributed by atoms with E-state index >= 15 is 0 Å². The Balaban J connectivity index is 3.01. The summed E-state index contributed by atoms with van der Waals surface area (Å²) in [5.41, 5.74) is 6.35. The Morgan fingerprint density at radius 3 is 2.27 bits per heavy atom. The van der Waals surface area contributed by atoms with Gasteiger partial charge in [0.1, 0.15) is 0 Å². The number of nitrogens with one attached hydrogen (secondary N) is 1. The Bertz CT molecular complexity index is 295. The molecule has 0 amide bonds. The minimum Gasteiger partial charge on any atom is -0.326 e. The van der Waals surface area contributed by atoms with Gasteiger partial charge in [0, 0.05) is 11.4 Å². The SMILES string of the molecule is N=[SH](=O)c1ccc(CN)cc1. The maximum atomic E-state index is 10.6. The van der Waals surface area contributed by atoms with Gasteiger partial charge in [-0.25, -0.2) is 4.21 Å². The van der Waals surface area contributed by atoms with Crippen molar-refractivity contribution in [3.63, 3.8) is 0 Å². The van der Waals surface area contributed by atoms with Crippen LogP contribution in [0, 0.1) is 4.78 Å². The average molecular weight is 170 g/mol. The van der Waals surface area contributed by atoms with Crippen LogP contribution in [0.3, 0.4) is 0 Å². The van der Waals surface area contributed by atoms with Crippen molar-refractivity contribution in [3.8, 4) is 0 Å². The highest BCUT2D eigenvalue weighted by Gasteiger charge is 1.91. The van der Waals surface area contributed by atoms with Crippen molar-refractivity contribution in [2.24, 2.45) is 5.73 Å². The number of nitrogens with two attached hydrogens (primary N) is 1. The third-order valence-corrected chi connectivity index (χ3v) is 2.17. The highest BCUT2D eigenvalue weighted by Crippen LogP contribution is 2.04. The number of hydrogen-bond donors (Lipinski definition) is 3. The van der Waals surface area contributed by atoms with Crippen LogP contribution in [0.5, 0.6) is 0 Å². The molecular formula is C7H10N2OS. The molecule has 0 heterocycles. The molecule has 0 saturated heterocycles. The van der Waals surface area contributed by atoms with Crippen LogP contribution in [-0.2, 0) is 17.1 Å². The molecule has 1 aromatic carbocycles. The summed E-state index contributed by atoms with van der Waals surface area (Å²) in [7, 11) is -1.95. The standard InChI is InChI=1S/C7H10N2OS/c8-5-6-1-3-7(4-2-6)11(9)10/h1-4,9,11H,5,8H2. The van der Waals surface area contributed by atoms with Gasteiger partial charge in [0.2, 0.25) is 0 Å². The summed E-state index contributed by atoms with van der Waals surface area (Å²) >= 11 is 0. The molecule has 60 valence electrons. The summed E-state index contributed by atoms with van der Waals surface area (Å²) in [6.45, 7) is 0.481. The highest BCUT2D eigenvalue weighted by molar-refractivity contribution is 7.73. The average Bonchev–Trinajstić information content (AvgIpc) is 2.05. The van der Waals surface area contributed by atoms with E-state index in [-0.39, 0.29) is 0 Å².